The van der Waals surface area contributed by atoms with Crippen LogP contribution in [0, 0.1) is 12.7 Å². The van der Waals surface area contributed by atoms with E-state index in [4.69, 9.17) is 4.74 Å². The zero-order valence-corrected chi connectivity index (χ0v) is 17.6. The molecule has 0 bridgehead atoms. The third-order valence-electron chi connectivity index (χ3n) is 6.43. The summed E-state index contributed by atoms with van der Waals surface area (Å²) in [7, 11) is 0. The topological polar surface area (TPSA) is 75.6 Å². The molecule has 164 valence electrons. The van der Waals surface area contributed by atoms with Crippen molar-refractivity contribution in [1.82, 2.24) is 0 Å². The van der Waals surface area contributed by atoms with Crippen molar-refractivity contribution in [3.8, 4) is 16.9 Å². The third kappa shape index (κ3) is 3.42. The summed E-state index contributed by atoms with van der Waals surface area (Å²) in [6.07, 6.45) is 2.44. The number of ether oxygens (including phenoxy) is 1. The van der Waals surface area contributed by atoms with Gasteiger partial charge in [-0.15, -0.1) is 0 Å². The number of fused-ring (bicyclic) bond motifs is 1. The molecule has 0 unspecified atom stereocenters. The first kappa shape index (κ1) is 20.2. The Balaban J connectivity index is 0.00000259. The lowest BCUT2D eigenvalue weighted by atomic mass is 9.92. The van der Waals surface area contributed by atoms with Crippen LogP contribution < -0.4 is 10.1 Å². The predicted octanol–water partition coefficient (Wildman–Crippen LogP) is 5.35. The van der Waals surface area contributed by atoms with E-state index in [2.05, 4.69) is 11.4 Å². The number of carboxylic acid groups (broad SMARTS) is 1. The van der Waals surface area contributed by atoms with Crippen LogP contribution in [0.4, 0.5) is 10.1 Å². The molecule has 1 saturated carbocycles. The van der Waals surface area contributed by atoms with Gasteiger partial charge < -0.3 is 15.2 Å². The summed E-state index contributed by atoms with van der Waals surface area (Å²) in [5.74, 6) is -1.26. The van der Waals surface area contributed by atoms with Crippen molar-refractivity contribution in [2.45, 2.75) is 31.6 Å². The minimum atomic E-state index is -1.32. The van der Waals surface area contributed by atoms with Gasteiger partial charge in [0.2, 0.25) is 5.91 Å². The largest absolute Gasteiger partial charge is 0.493 e. The number of carbonyl (C=O) groups excluding carboxylic acids is 1. The number of hydrogen-bond donors (Lipinski definition) is 2. The third-order valence-corrected chi connectivity index (χ3v) is 6.43. The molecule has 2 N–H and O–H groups in total. The molecule has 1 fully saturated rings. The molecule has 6 heteroatoms. The molecule has 1 amide bonds. The van der Waals surface area contributed by atoms with E-state index in [1.54, 1.807) is 12.1 Å². The van der Waals surface area contributed by atoms with Gasteiger partial charge in [-0.1, -0.05) is 24.3 Å². The van der Waals surface area contributed by atoms with E-state index in [1.165, 1.54) is 6.07 Å². The molecule has 5 rings (SSSR count). The Kier molecular flexibility index (Phi) is 4.73. The van der Waals surface area contributed by atoms with Crippen LogP contribution in [0.5, 0.6) is 5.75 Å². The maximum atomic E-state index is 13.8. The lowest BCUT2D eigenvalue weighted by molar-refractivity contribution is -0.118. The lowest BCUT2D eigenvalue weighted by Gasteiger charge is -2.18. The van der Waals surface area contributed by atoms with Crippen molar-refractivity contribution in [2.24, 2.45) is 0 Å². The zero-order chi connectivity index (χ0) is 22.5. The molecule has 32 heavy (non-hydrogen) atoms. The van der Waals surface area contributed by atoms with Crippen LogP contribution in [0.2, 0.25) is 0 Å². The fourth-order valence-electron chi connectivity index (χ4n) is 4.37. The SMILES string of the molecule is Cc1ccc(NC(=O)C2(c3ccc4c(c3)CCO4)CC2)cc1-c1ccc(F)c(C(=O)O)c1.[HH]. The fourth-order valence-corrected chi connectivity index (χ4v) is 4.37. The van der Waals surface area contributed by atoms with E-state index in [0.717, 1.165) is 53.3 Å². The number of hydrogen-bond acceptors (Lipinski definition) is 3. The molecule has 0 spiro atoms. The Hall–Kier alpha value is -3.67. The molecule has 5 nitrogen and oxygen atoms in total. The Morgan fingerprint density at radius 1 is 1.09 bits per heavy atom. The van der Waals surface area contributed by atoms with Gasteiger partial charge in [0.1, 0.15) is 11.6 Å². The average Bonchev–Trinajstić information content (AvgIpc) is 3.46. The number of benzene rings is 3. The maximum absolute atomic E-state index is 13.8. The highest BCUT2D eigenvalue weighted by molar-refractivity contribution is 6.02. The Morgan fingerprint density at radius 2 is 1.91 bits per heavy atom. The number of rotatable bonds is 5. The highest BCUT2D eigenvalue weighted by Crippen LogP contribution is 2.50. The van der Waals surface area contributed by atoms with Crippen molar-refractivity contribution < 1.29 is 25.2 Å². The van der Waals surface area contributed by atoms with Gasteiger partial charge in [-0.25, -0.2) is 9.18 Å². The normalized spacial score (nSPS) is 15.6. The second-order valence-corrected chi connectivity index (χ2v) is 8.49. The number of amides is 1. The van der Waals surface area contributed by atoms with Crippen LogP contribution in [-0.2, 0) is 16.6 Å². The van der Waals surface area contributed by atoms with Crippen molar-refractivity contribution in [2.75, 3.05) is 11.9 Å². The molecule has 0 aromatic heterocycles. The molecular formula is C26H24FNO4. The van der Waals surface area contributed by atoms with Crippen molar-refractivity contribution in [1.29, 1.82) is 0 Å². The van der Waals surface area contributed by atoms with Crippen LogP contribution >= 0.6 is 0 Å². The highest BCUT2D eigenvalue weighted by atomic mass is 19.1. The summed E-state index contributed by atoms with van der Waals surface area (Å²) in [5.41, 5.74) is 4.07. The number of aryl methyl sites for hydroxylation is 1. The molecule has 3 aromatic carbocycles. The number of aromatic carboxylic acids is 1. The van der Waals surface area contributed by atoms with Crippen LogP contribution in [0.25, 0.3) is 11.1 Å². The van der Waals surface area contributed by atoms with Crippen molar-refractivity contribution >= 4 is 17.6 Å². The summed E-state index contributed by atoms with van der Waals surface area (Å²) in [4.78, 5) is 24.6. The maximum Gasteiger partial charge on any atom is 0.338 e. The molecule has 0 saturated heterocycles. The molecule has 1 aliphatic heterocycles. The number of nitrogens with one attached hydrogen (secondary N) is 1. The summed E-state index contributed by atoms with van der Waals surface area (Å²) < 4.78 is 19.4. The second-order valence-electron chi connectivity index (χ2n) is 8.49. The first-order valence-electron chi connectivity index (χ1n) is 10.6. The monoisotopic (exact) mass is 433 g/mol. The van der Waals surface area contributed by atoms with E-state index < -0.39 is 17.2 Å². The zero-order valence-electron chi connectivity index (χ0n) is 17.6. The Labute approximate surface area is 186 Å². The molecular weight excluding hydrogens is 409 g/mol. The molecule has 1 heterocycles. The summed E-state index contributed by atoms with van der Waals surface area (Å²) in [6.45, 7) is 2.57. The van der Waals surface area contributed by atoms with Gasteiger partial charge in [0, 0.05) is 13.5 Å². The van der Waals surface area contributed by atoms with Crippen LogP contribution in [0.15, 0.2) is 54.6 Å². The Bertz CT molecular complexity index is 1270. The predicted molar refractivity (Wildman–Crippen MR) is 121 cm³/mol. The first-order chi connectivity index (χ1) is 15.4. The minimum absolute atomic E-state index is 0. The van der Waals surface area contributed by atoms with Gasteiger partial charge in [0.15, 0.2) is 0 Å². The van der Waals surface area contributed by atoms with E-state index in [1.807, 2.05) is 31.2 Å². The van der Waals surface area contributed by atoms with Gasteiger partial charge in [0.25, 0.3) is 0 Å². The fraction of sp³-hybridized carbons (Fsp3) is 0.231. The minimum Gasteiger partial charge on any atom is -0.493 e. The van der Waals surface area contributed by atoms with Crippen molar-refractivity contribution in [3.63, 3.8) is 0 Å². The van der Waals surface area contributed by atoms with Crippen LogP contribution in [0.1, 0.15) is 41.3 Å². The molecule has 2 aliphatic rings. The Morgan fingerprint density at radius 3 is 2.66 bits per heavy atom. The number of carboxylic acids is 1. The lowest BCUT2D eigenvalue weighted by Crippen LogP contribution is -2.27. The second kappa shape index (κ2) is 7.48. The average molecular weight is 433 g/mol. The number of carbonyl (C=O) groups is 2. The van der Waals surface area contributed by atoms with Gasteiger partial charge >= 0.3 is 5.97 Å². The van der Waals surface area contributed by atoms with Crippen LogP contribution in [0.3, 0.4) is 0 Å². The van der Waals surface area contributed by atoms with E-state index in [0.29, 0.717) is 17.9 Å². The van der Waals surface area contributed by atoms with E-state index in [9.17, 15) is 19.1 Å². The molecule has 0 atom stereocenters. The summed E-state index contributed by atoms with van der Waals surface area (Å²) in [5, 5.41) is 12.3. The molecule has 3 aromatic rings. The van der Waals surface area contributed by atoms with E-state index >= 15 is 0 Å². The summed E-state index contributed by atoms with van der Waals surface area (Å²) in [6, 6.07) is 15.5. The highest BCUT2D eigenvalue weighted by Gasteiger charge is 2.51. The van der Waals surface area contributed by atoms with Gasteiger partial charge in [-0.2, -0.15) is 0 Å². The summed E-state index contributed by atoms with van der Waals surface area (Å²) >= 11 is 0. The standard InChI is InChI=1S/C26H22FNO4.H2/c1-15-2-5-19(14-20(15)16-3-6-22(27)21(13-16)24(29)30)28-25(31)26(9-10-26)18-4-7-23-17(12-18)8-11-32-23;/h2-7,12-14H,8-11H2,1H3,(H,28,31)(H,29,30);1H. The van der Waals surface area contributed by atoms with Gasteiger partial charge in [-0.3, -0.25) is 4.79 Å². The first-order valence-corrected chi connectivity index (χ1v) is 10.6. The molecule has 1 aliphatic carbocycles. The number of halogens is 1. The van der Waals surface area contributed by atoms with E-state index in [-0.39, 0.29) is 12.9 Å². The molecule has 0 radical (unpaired) electrons. The van der Waals surface area contributed by atoms with Crippen LogP contribution in [-0.4, -0.2) is 23.6 Å². The number of anilines is 1. The van der Waals surface area contributed by atoms with Gasteiger partial charge in [-0.05, 0) is 77.9 Å². The van der Waals surface area contributed by atoms with Crippen molar-refractivity contribution in [3.05, 3.63) is 82.7 Å². The van der Waals surface area contributed by atoms with Gasteiger partial charge in [0.05, 0.1) is 17.6 Å². The smallest absolute Gasteiger partial charge is 0.338 e. The quantitative estimate of drug-likeness (QED) is 0.569.